The van der Waals surface area contributed by atoms with Crippen molar-refractivity contribution in [3.63, 3.8) is 0 Å². The van der Waals surface area contributed by atoms with Crippen LogP contribution in [0.15, 0.2) is 18.2 Å². The first-order chi connectivity index (χ1) is 8.20. The van der Waals surface area contributed by atoms with Gasteiger partial charge in [0.05, 0.1) is 0 Å². The summed E-state index contributed by atoms with van der Waals surface area (Å²) in [4.78, 5) is 11.9. The van der Waals surface area contributed by atoms with E-state index in [1.807, 2.05) is 19.1 Å². The largest absolute Gasteiger partial charge is 0.352 e. The first-order valence-electron chi connectivity index (χ1n) is 6.30. The molecule has 17 heavy (non-hydrogen) atoms. The minimum absolute atomic E-state index is 0.0139. The molecule has 1 aromatic carbocycles. The lowest BCUT2D eigenvalue weighted by atomic mass is 10.1. The van der Waals surface area contributed by atoms with Crippen molar-refractivity contribution in [1.29, 1.82) is 0 Å². The molecular formula is C14H20N2O. The Morgan fingerprint density at radius 2 is 2.18 bits per heavy atom. The summed E-state index contributed by atoms with van der Waals surface area (Å²) in [5.41, 5.74) is 9.03. The fraction of sp³-hybridized carbons (Fsp3) is 0.500. The molecule has 2 rings (SSSR count). The Morgan fingerprint density at radius 3 is 2.94 bits per heavy atom. The van der Waals surface area contributed by atoms with Gasteiger partial charge in [0.2, 0.25) is 0 Å². The Morgan fingerprint density at radius 1 is 1.41 bits per heavy atom. The molecule has 0 aliphatic heterocycles. The maximum atomic E-state index is 11.9. The van der Waals surface area contributed by atoms with Gasteiger partial charge in [-0.05, 0) is 55.0 Å². The second-order valence-electron chi connectivity index (χ2n) is 4.89. The number of amides is 1. The van der Waals surface area contributed by atoms with Gasteiger partial charge in [0.25, 0.3) is 5.91 Å². The van der Waals surface area contributed by atoms with E-state index in [4.69, 9.17) is 5.73 Å². The van der Waals surface area contributed by atoms with Crippen molar-refractivity contribution < 1.29 is 4.79 Å². The van der Waals surface area contributed by atoms with E-state index >= 15 is 0 Å². The molecule has 1 aliphatic carbocycles. The van der Waals surface area contributed by atoms with E-state index in [1.165, 1.54) is 17.5 Å². The van der Waals surface area contributed by atoms with Gasteiger partial charge in [0, 0.05) is 12.1 Å². The third kappa shape index (κ3) is 2.86. The molecule has 3 heteroatoms. The van der Waals surface area contributed by atoms with Gasteiger partial charge >= 0.3 is 0 Å². The Hall–Kier alpha value is -1.35. The summed E-state index contributed by atoms with van der Waals surface area (Å²) in [6, 6.07) is 6.04. The summed E-state index contributed by atoms with van der Waals surface area (Å²) in [6.07, 6.45) is 3.47. The molecule has 0 saturated heterocycles. The van der Waals surface area contributed by atoms with Crippen LogP contribution in [0.1, 0.15) is 34.8 Å². The molecule has 1 aromatic rings. The fourth-order valence-corrected chi connectivity index (χ4v) is 2.17. The first-order valence-corrected chi connectivity index (χ1v) is 6.30. The highest BCUT2D eigenvalue weighted by atomic mass is 16.1. The van der Waals surface area contributed by atoms with E-state index in [2.05, 4.69) is 11.4 Å². The normalized spacial score (nSPS) is 15.4. The fourth-order valence-electron chi connectivity index (χ4n) is 2.17. The predicted octanol–water partition coefficient (Wildman–Crippen LogP) is 1.50. The summed E-state index contributed by atoms with van der Waals surface area (Å²) in [7, 11) is 0. The van der Waals surface area contributed by atoms with E-state index < -0.39 is 0 Å². The Kier molecular flexibility index (Phi) is 3.79. The SMILES string of the molecule is CC(CN)CNC(=O)c1ccc2c(c1)CCC2. The van der Waals surface area contributed by atoms with Gasteiger partial charge in [-0.2, -0.15) is 0 Å². The van der Waals surface area contributed by atoms with Crippen LogP contribution in [-0.4, -0.2) is 19.0 Å². The molecular weight excluding hydrogens is 212 g/mol. The van der Waals surface area contributed by atoms with Gasteiger partial charge in [0.15, 0.2) is 0 Å². The summed E-state index contributed by atoms with van der Waals surface area (Å²) < 4.78 is 0. The quantitative estimate of drug-likeness (QED) is 0.826. The molecule has 0 heterocycles. The zero-order chi connectivity index (χ0) is 12.3. The first kappa shape index (κ1) is 12.1. The van der Waals surface area contributed by atoms with E-state index in [0.717, 1.165) is 18.4 Å². The van der Waals surface area contributed by atoms with Crippen molar-refractivity contribution in [2.45, 2.75) is 26.2 Å². The van der Waals surface area contributed by atoms with Gasteiger partial charge in [-0.3, -0.25) is 4.79 Å². The number of hydrogen-bond acceptors (Lipinski definition) is 2. The minimum Gasteiger partial charge on any atom is -0.352 e. The zero-order valence-electron chi connectivity index (χ0n) is 10.3. The van der Waals surface area contributed by atoms with Crippen molar-refractivity contribution in [3.05, 3.63) is 34.9 Å². The van der Waals surface area contributed by atoms with Gasteiger partial charge in [-0.15, -0.1) is 0 Å². The maximum Gasteiger partial charge on any atom is 0.251 e. The average molecular weight is 232 g/mol. The van der Waals surface area contributed by atoms with E-state index in [-0.39, 0.29) is 5.91 Å². The second kappa shape index (κ2) is 5.32. The molecule has 0 saturated carbocycles. The van der Waals surface area contributed by atoms with Crippen molar-refractivity contribution in [3.8, 4) is 0 Å². The molecule has 0 radical (unpaired) electrons. The molecule has 3 nitrogen and oxygen atoms in total. The van der Waals surface area contributed by atoms with Crippen molar-refractivity contribution in [2.24, 2.45) is 11.7 Å². The molecule has 1 unspecified atom stereocenters. The molecule has 0 fully saturated rings. The van der Waals surface area contributed by atoms with Crippen LogP contribution < -0.4 is 11.1 Å². The van der Waals surface area contributed by atoms with Crippen LogP contribution in [0, 0.1) is 5.92 Å². The standard InChI is InChI=1S/C14H20N2O/c1-10(8-15)9-16-14(17)13-6-5-11-3-2-4-12(11)7-13/h5-7,10H,2-4,8-9,15H2,1H3,(H,16,17). The molecule has 0 spiro atoms. The summed E-state index contributed by atoms with van der Waals surface area (Å²) in [5.74, 6) is 0.341. The Balaban J connectivity index is 2.00. The molecule has 0 bridgehead atoms. The Labute approximate surface area is 102 Å². The van der Waals surface area contributed by atoms with Crippen LogP contribution in [0.3, 0.4) is 0 Å². The van der Waals surface area contributed by atoms with Gasteiger partial charge in [-0.1, -0.05) is 13.0 Å². The third-order valence-corrected chi connectivity index (χ3v) is 3.37. The smallest absolute Gasteiger partial charge is 0.251 e. The number of fused-ring (bicyclic) bond motifs is 1. The van der Waals surface area contributed by atoms with Crippen LogP contribution >= 0.6 is 0 Å². The molecule has 92 valence electrons. The molecule has 0 aromatic heterocycles. The van der Waals surface area contributed by atoms with Crippen LogP contribution in [0.25, 0.3) is 0 Å². The lowest BCUT2D eigenvalue weighted by Gasteiger charge is -2.10. The number of carbonyl (C=O) groups excluding carboxylic acids is 1. The highest BCUT2D eigenvalue weighted by molar-refractivity contribution is 5.94. The minimum atomic E-state index is 0.0139. The van der Waals surface area contributed by atoms with Crippen LogP contribution in [0.5, 0.6) is 0 Å². The molecule has 1 atom stereocenters. The van der Waals surface area contributed by atoms with Crippen molar-refractivity contribution >= 4 is 5.91 Å². The number of nitrogens with one attached hydrogen (secondary N) is 1. The van der Waals surface area contributed by atoms with Crippen LogP contribution in [0.4, 0.5) is 0 Å². The van der Waals surface area contributed by atoms with E-state index in [9.17, 15) is 4.79 Å². The van der Waals surface area contributed by atoms with E-state index in [1.54, 1.807) is 0 Å². The predicted molar refractivity (Wildman–Crippen MR) is 69.0 cm³/mol. The van der Waals surface area contributed by atoms with Crippen molar-refractivity contribution in [2.75, 3.05) is 13.1 Å². The molecule has 1 aliphatic rings. The van der Waals surface area contributed by atoms with Gasteiger partial charge in [-0.25, -0.2) is 0 Å². The number of rotatable bonds is 4. The average Bonchev–Trinajstić information content (AvgIpc) is 2.82. The van der Waals surface area contributed by atoms with Gasteiger partial charge < -0.3 is 11.1 Å². The lowest BCUT2D eigenvalue weighted by Crippen LogP contribution is -2.31. The molecule has 3 N–H and O–H groups in total. The highest BCUT2D eigenvalue weighted by Crippen LogP contribution is 2.22. The summed E-state index contributed by atoms with van der Waals surface area (Å²) in [5, 5.41) is 2.92. The van der Waals surface area contributed by atoms with E-state index in [0.29, 0.717) is 19.0 Å². The third-order valence-electron chi connectivity index (χ3n) is 3.37. The Bertz CT molecular complexity index is 415. The number of benzene rings is 1. The lowest BCUT2D eigenvalue weighted by molar-refractivity contribution is 0.0948. The van der Waals surface area contributed by atoms with Crippen molar-refractivity contribution in [1.82, 2.24) is 5.32 Å². The number of aryl methyl sites for hydroxylation is 2. The molecule has 1 amide bonds. The van der Waals surface area contributed by atoms with Gasteiger partial charge in [0.1, 0.15) is 0 Å². The van der Waals surface area contributed by atoms with Crippen LogP contribution in [-0.2, 0) is 12.8 Å². The summed E-state index contributed by atoms with van der Waals surface area (Å²) in [6.45, 7) is 3.28. The summed E-state index contributed by atoms with van der Waals surface area (Å²) >= 11 is 0. The monoisotopic (exact) mass is 232 g/mol. The zero-order valence-corrected chi connectivity index (χ0v) is 10.3. The number of nitrogens with two attached hydrogens (primary N) is 1. The number of hydrogen-bond donors (Lipinski definition) is 2. The number of carbonyl (C=O) groups is 1. The highest BCUT2D eigenvalue weighted by Gasteiger charge is 2.13. The topological polar surface area (TPSA) is 55.1 Å². The van der Waals surface area contributed by atoms with Crippen LogP contribution in [0.2, 0.25) is 0 Å². The maximum absolute atomic E-state index is 11.9. The second-order valence-corrected chi connectivity index (χ2v) is 4.89.